The van der Waals surface area contributed by atoms with Crippen molar-refractivity contribution >= 4 is 23.3 Å². The van der Waals surface area contributed by atoms with E-state index in [4.69, 9.17) is 0 Å². The zero-order valence-corrected chi connectivity index (χ0v) is 12.0. The van der Waals surface area contributed by atoms with Gasteiger partial charge in [-0.05, 0) is 24.6 Å². The topological polar surface area (TPSA) is 61.4 Å². The van der Waals surface area contributed by atoms with Crippen LogP contribution in [0.15, 0.2) is 24.3 Å². The first-order valence-electron chi connectivity index (χ1n) is 7.08. The van der Waals surface area contributed by atoms with Gasteiger partial charge in [-0.15, -0.1) is 0 Å². The van der Waals surface area contributed by atoms with E-state index in [0.29, 0.717) is 13.1 Å². The number of urea groups is 1. The molecule has 0 radical (unpaired) electrons. The molecule has 1 atom stereocenters. The van der Waals surface area contributed by atoms with Crippen molar-refractivity contribution in [3.8, 4) is 0 Å². The molecule has 108 valence electrons. The minimum Gasteiger partial charge on any atom is -0.336 e. The zero-order valence-electron chi connectivity index (χ0n) is 12.0. The molecule has 5 nitrogen and oxygen atoms in total. The monoisotopic (exact) mass is 275 g/mol. The molecule has 5 heteroatoms. The molecule has 1 fully saturated rings. The SMILES string of the molecule is CCCC(C)C(=O)Nc1cccc(N2CCNC2=O)c1. The van der Waals surface area contributed by atoms with Crippen LogP contribution < -0.4 is 15.5 Å². The molecule has 1 aromatic carbocycles. The Morgan fingerprint density at radius 3 is 2.95 bits per heavy atom. The first-order chi connectivity index (χ1) is 9.61. The van der Waals surface area contributed by atoms with E-state index in [1.807, 2.05) is 31.2 Å². The van der Waals surface area contributed by atoms with E-state index in [2.05, 4.69) is 17.6 Å². The Morgan fingerprint density at radius 2 is 2.30 bits per heavy atom. The van der Waals surface area contributed by atoms with Gasteiger partial charge in [0.15, 0.2) is 0 Å². The number of amides is 3. The number of rotatable bonds is 5. The van der Waals surface area contributed by atoms with Crippen molar-refractivity contribution in [2.24, 2.45) is 5.92 Å². The third kappa shape index (κ3) is 3.29. The van der Waals surface area contributed by atoms with Gasteiger partial charge in [0.1, 0.15) is 0 Å². The smallest absolute Gasteiger partial charge is 0.321 e. The lowest BCUT2D eigenvalue weighted by molar-refractivity contribution is -0.119. The molecule has 0 aliphatic carbocycles. The van der Waals surface area contributed by atoms with Gasteiger partial charge < -0.3 is 10.6 Å². The van der Waals surface area contributed by atoms with Crippen molar-refractivity contribution in [3.05, 3.63) is 24.3 Å². The Balaban J connectivity index is 2.06. The number of hydrogen-bond acceptors (Lipinski definition) is 2. The van der Waals surface area contributed by atoms with Gasteiger partial charge in [0, 0.05) is 30.4 Å². The fourth-order valence-electron chi connectivity index (χ4n) is 2.30. The van der Waals surface area contributed by atoms with Crippen molar-refractivity contribution in [1.29, 1.82) is 0 Å². The summed E-state index contributed by atoms with van der Waals surface area (Å²) >= 11 is 0. The first-order valence-corrected chi connectivity index (χ1v) is 7.08. The number of anilines is 2. The van der Waals surface area contributed by atoms with Crippen LogP contribution in [0.25, 0.3) is 0 Å². The van der Waals surface area contributed by atoms with E-state index >= 15 is 0 Å². The Labute approximate surface area is 119 Å². The maximum absolute atomic E-state index is 12.0. The largest absolute Gasteiger partial charge is 0.336 e. The predicted molar refractivity (Wildman–Crippen MR) is 79.9 cm³/mol. The summed E-state index contributed by atoms with van der Waals surface area (Å²) in [5, 5.41) is 5.67. The molecule has 0 aromatic heterocycles. The Bertz CT molecular complexity index is 502. The summed E-state index contributed by atoms with van der Waals surface area (Å²) in [6, 6.07) is 7.31. The van der Waals surface area contributed by atoms with Crippen LogP contribution in [0.2, 0.25) is 0 Å². The van der Waals surface area contributed by atoms with Crippen LogP contribution in [0.1, 0.15) is 26.7 Å². The fourth-order valence-corrected chi connectivity index (χ4v) is 2.30. The summed E-state index contributed by atoms with van der Waals surface area (Å²) in [7, 11) is 0. The highest BCUT2D eigenvalue weighted by atomic mass is 16.2. The maximum Gasteiger partial charge on any atom is 0.321 e. The van der Waals surface area contributed by atoms with Gasteiger partial charge in [0.2, 0.25) is 5.91 Å². The predicted octanol–water partition coefficient (Wildman–Crippen LogP) is 2.59. The molecule has 2 N–H and O–H groups in total. The average molecular weight is 275 g/mol. The van der Waals surface area contributed by atoms with Crippen molar-refractivity contribution < 1.29 is 9.59 Å². The highest BCUT2D eigenvalue weighted by Gasteiger charge is 2.21. The Morgan fingerprint density at radius 1 is 1.50 bits per heavy atom. The van der Waals surface area contributed by atoms with Gasteiger partial charge in [-0.25, -0.2) is 4.79 Å². The van der Waals surface area contributed by atoms with E-state index in [-0.39, 0.29) is 17.9 Å². The van der Waals surface area contributed by atoms with Crippen LogP contribution in [0.3, 0.4) is 0 Å². The molecule has 3 amide bonds. The number of nitrogens with one attached hydrogen (secondary N) is 2. The zero-order chi connectivity index (χ0) is 14.5. The molecule has 1 unspecified atom stereocenters. The van der Waals surface area contributed by atoms with Gasteiger partial charge >= 0.3 is 6.03 Å². The van der Waals surface area contributed by atoms with E-state index in [0.717, 1.165) is 24.2 Å². The second-order valence-electron chi connectivity index (χ2n) is 5.11. The molecule has 0 bridgehead atoms. The first kappa shape index (κ1) is 14.4. The highest BCUT2D eigenvalue weighted by Crippen LogP contribution is 2.21. The third-order valence-corrected chi connectivity index (χ3v) is 3.45. The summed E-state index contributed by atoms with van der Waals surface area (Å²) in [5.74, 6) is 0.0219. The van der Waals surface area contributed by atoms with Gasteiger partial charge in [0.05, 0.1) is 0 Å². The molecule has 1 aliphatic heterocycles. The Kier molecular flexibility index (Phi) is 4.61. The standard InChI is InChI=1S/C15H21N3O2/c1-3-5-11(2)14(19)17-12-6-4-7-13(10-12)18-9-8-16-15(18)20/h4,6-7,10-11H,3,5,8-9H2,1-2H3,(H,16,20)(H,17,19). The lowest BCUT2D eigenvalue weighted by Crippen LogP contribution is -2.27. The third-order valence-electron chi connectivity index (χ3n) is 3.45. The van der Waals surface area contributed by atoms with Crippen molar-refractivity contribution in [2.45, 2.75) is 26.7 Å². The molecule has 0 saturated carbocycles. The van der Waals surface area contributed by atoms with Crippen molar-refractivity contribution in [3.63, 3.8) is 0 Å². The van der Waals surface area contributed by atoms with Gasteiger partial charge in [0.25, 0.3) is 0 Å². The highest BCUT2D eigenvalue weighted by molar-refractivity contribution is 5.96. The molecule has 1 saturated heterocycles. The van der Waals surface area contributed by atoms with Crippen molar-refractivity contribution in [2.75, 3.05) is 23.3 Å². The lowest BCUT2D eigenvalue weighted by Gasteiger charge is -2.16. The van der Waals surface area contributed by atoms with Crippen LogP contribution in [0.4, 0.5) is 16.2 Å². The van der Waals surface area contributed by atoms with Crippen LogP contribution in [0.5, 0.6) is 0 Å². The van der Waals surface area contributed by atoms with E-state index < -0.39 is 0 Å². The minimum absolute atomic E-state index is 0.00117. The number of carbonyl (C=O) groups excluding carboxylic acids is 2. The van der Waals surface area contributed by atoms with Crippen LogP contribution in [-0.2, 0) is 4.79 Å². The number of nitrogens with zero attached hydrogens (tertiary/aromatic N) is 1. The summed E-state index contributed by atoms with van der Waals surface area (Å²) in [5.41, 5.74) is 1.54. The van der Waals surface area contributed by atoms with Gasteiger partial charge in [-0.3, -0.25) is 9.69 Å². The molecular weight excluding hydrogens is 254 g/mol. The molecule has 1 heterocycles. The molecular formula is C15H21N3O2. The van der Waals surface area contributed by atoms with E-state index in [9.17, 15) is 9.59 Å². The number of benzene rings is 1. The maximum atomic E-state index is 12.0. The molecule has 0 spiro atoms. The molecule has 2 rings (SSSR count). The second-order valence-corrected chi connectivity index (χ2v) is 5.11. The second kappa shape index (κ2) is 6.41. The van der Waals surface area contributed by atoms with E-state index in [1.165, 1.54) is 0 Å². The van der Waals surface area contributed by atoms with Crippen LogP contribution in [0, 0.1) is 5.92 Å². The summed E-state index contributed by atoms with van der Waals surface area (Å²) < 4.78 is 0. The van der Waals surface area contributed by atoms with E-state index in [1.54, 1.807) is 4.90 Å². The summed E-state index contributed by atoms with van der Waals surface area (Å²) in [6.45, 7) is 5.30. The van der Waals surface area contributed by atoms with Gasteiger partial charge in [-0.2, -0.15) is 0 Å². The van der Waals surface area contributed by atoms with Crippen molar-refractivity contribution in [1.82, 2.24) is 5.32 Å². The number of carbonyl (C=O) groups is 2. The lowest BCUT2D eigenvalue weighted by atomic mass is 10.1. The fraction of sp³-hybridized carbons (Fsp3) is 0.467. The summed E-state index contributed by atoms with van der Waals surface area (Å²) in [4.78, 5) is 25.3. The Hall–Kier alpha value is -2.04. The molecule has 20 heavy (non-hydrogen) atoms. The van der Waals surface area contributed by atoms with Crippen LogP contribution in [-0.4, -0.2) is 25.0 Å². The minimum atomic E-state index is -0.0900. The summed E-state index contributed by atoms with van der Waals surface area (Å²) in [6.07, 6.45) is 1.86. The quantitative estimate of drug-likeness (QED) is 0.867. The normalized spacial score (nSPS) is 15.9. The van der Waals surface area contributed by atoms with Crippen LogP contribution >= 0.6 is 0 Å². The molecule has 1 aliphatic rings. The number of hydrogen-bond donors (Lipinski definition) is 2. The average Bonchev–Trinajstić information content (AvgIpc) is 2.85. The van der Waals surface area contributed by atoms with Gasteiger partial charge in [-0.1, -0.05) is 26.3 Å². The molecule has 1 aromatic rings.